The smallest absolute Gasteiger partial charge is 0.326 e. The Morgan fingerprint density at radius 2 is 1.85 bits per heavy atom. The molecule has 72 valence electrons. The van der Waals surface area contributed by atoms with Crippen LogP contribution in [0.25, 0.3) is 0 Å². The fourth-order valence-corrected chi connectivity index (χ4v) is 1.14. The van der Waals surface area contributed by atoms with Crippen LogP contribution < -0.4 is 0 Å². The first-order valence-electron chi connectivity index (χ1n) is 3.37. The molecule has 6 heteroatoms. The van der Waals surface area contributed by atoms with Gasteiger partial charge in [-0.2, -0.15) is 8.78 Å². The number of rotatable bonds is 3. The lowest BCUT2D eigenvalue weighted by molar-refractivity contribution is -0.185. The van der Waals surface area contributed by atoms with Gasteiger partial charge in [0.1, 0.15) is 0 Å². The number of alkyl halides is 2. The van der Waals surface area contributed by atoms with E-state index < -0.39 is 19.9 Å². The Kier molecular flexibility index (Phi) is 3.14. The van der Waals surface area contributed by atoms with E-state index in [4.69, 9.17) is 4.89 Å². The zero-order valence-corrected chi connectivity index (χ0v) is 7.41. The average molecular weight is 208 g/mol. The fraction of sp³-hybridized carbons (Fsp3) is 0.143. The minimum absolute atomic E-state index is 0.442. The standard InChI is InChI=1S/C7H7F2O3P/c8-7(9,12-13(10)11)6-4-2-1-3-5-6/h1-5,13H,(H,10,11). The molecule has 0 bridgehead atoms. The van der Waals surface area contributed by atoms with Crippen LogP contribution in [0.3, 0.4) is 0 Å². The molecule has 0 aliphatic rings. The van der Waals surface area contributed by atoms with Gasteiger partial charge in [-0.3, -0.25) is 4.57 Å². The molecule has 1 unspecified atom stereocenters. The van der Waals surface area contributed by atoms with Crippen molar-refractivity contribution in [1.29, 1.82) is 0 Å². The second-order valence-corrected chi connectivity index (χ2v) is 2.99. The van der Waals surface area contributed by atoms with Gasteiger partial charge in [0.05, 0.1) is 5.56 Å². The van der Waals surface area contributed by atoms with E-state index in [1.165, 1.54) is 12.1 Å². The molecule has 0 fully saturated rings. The second-order valence-electron chi connectivity index (χ2n) is 2.25. The van der Waals surface area contributed by atoms with Gasteiger partial charge in [0.2, 0.25) is 0 Å². The summed E-state index contributed by atoms with van der Waals surface area (Å²) in [6.45, 7) is 0. The molecule has 1 aromatic rings. The third-order valence-electron chi connectivity index (χ3n) is 1.33. The monoisotopic (exact) mass is 208 g/mol. The molecule has 3 nitrogen and oxygen atoms in total. The lowest BCUT2D eigenvalue weighted by atomic mass is 10.2. The summed E-state index contributed by atoms with van der Waals surface area (Å²) in [5, 5.41) is 0. The zero-order valence-electron chi connectivity index (χ0n) is 6.41. The van der Waals surface area contributed by atoms with E-state index in [0.717, 1.165) is 12.1 Å². The highest BCUT2D eigenvalue weighted by atomic mass is 31.1. The van der Waals surface area contributed by atoms with Crippen molar-refractivity contribution >= 4 is 8.25 Å². The normalized spacial score (nSPS) is 14.1. The highest BCUT2D eigenvalue weighted by Crippen LogP contribution is 2.37. The summed E-state index contributed by atoms with van der Waals surface area (Å²) in [5.74, 6) is 0. The predicted molar refractivity (Wildman–Crippen MR) is 42.6 cm³/mol. The molecule has 1 N–H and O–H groups in total. The Labute approximate surface area is 73.9 Å². The van der Waals surface area contributed by atoms with Crippen LogP contribution in [-0.2, 0) is 15.2 Å². The van der Waals surface area contributed by atoms with Crippen LogP contribution in [0.4, 0.5) is 8.78 Å². The highest BCUT2D eigenvalue weighted by molar-refractivity contribution is 7.32. The maximum absolute atomic E-state index is 12.8. The average Bonchev–Trinajstić information content (AvgIpc) is 2.04. The predicted octanol–water partition coefficient (Wildman–Crippen LogP) is 2.13. The number of hydrogen-bond donors (Lipinski definition) is 1. The van der Waals surface area contributed by atoms with Gasteiger partial charge in [-0.15, -0.1) is 0 Å². The largest absolute Gasteiger partial charge is 0.389 e. The van der Waals surface area contributed by atoms with Gasteiger partial charge in [-0.05, 0) is 0 Å². The molecule has 1 atom stereocenters. The highest BCUT2D eigenvalue weighted by Gasteiger charge is 2.34. The summed E-state index contributed by atoms with van der Waals surface area (Å²) in [7, 11) is -3.64. The van der Waals surface area contributed by atoms with E-state index >= 15 is 0 Å². The molecule has 0 saturated heterocycles. The third kappa shape index (κ3) is 2.88. The molecule has 13 heavy (non-hydrogen) atoms. The number of halogens is 2. The van der Waals surface area contributed by atoms with E-state index in [2.05, 4.69) is 4.52 Å². The van der Waals surface area contributed by atoms with Crippen molar-refractivity contribution in [2.45, 2.75) is 6.11 Å². The fourth-order valence-electron chi connectivity index (χ4n) is 0.801. The summed E-state index contributed by atoms with van der Waals surface area (Å²) < 4.78 is 39.4. The van der Waals surface area contributed by atoms with Crippen molar-refractivity contribution in [2.24, 2.45) is 0 Å². The van der Waals surface area contributed by atoms with Gasteiger partial charge in [-0.25, -0.2) is 4.52 Å². The van der Waals surface area contributed by atoms with E-state index in [-0.39, 0.29) is 0 Å². The summed E-state index contributed by atoms with van der Waals surface area (Å²) >= 11 is 0. The van der Waals surface area contributed by atoms with Crippen LogP contribution in [0.1, 0.15) is 5.56 Å². The Morgan fingerprint density at radius 1 is 1.31 bits per heavy atom. The van der Waals surface area contributed by atoms with E-state index in [1.807, 2.05) is 0 Å². The first-order chi connectivity index (χ1) is 6.02. The number of hydrogen-bond acceptors (Lipinski definition) is 2. The zero-order chi connectivity index (χ0) is 9.90. The van der Waals surface area contributed by atoms with Crippen LogP contribution >= 0.6 is 8.25 Å². The minimum Gasteiger partial charge on any atom is -0.326 e. The second kappa shape index (κ2) is 3.96. The summed E-state index contributed by atoms with van der Waals surface area (Å²) in [6.07, 6.45) is -3.70. The summed E-state index contributed by atoms with van der Waals surface area (Å²) in [4.78, 5) is 8.19. The molecule has 0 saturated carbocycles. The molecule has 0 heterocycles. The van der Waals surface area contributed by atoms with E-state index in [1.54, 1.807) is 6.07 Å². The van der Waals surface area contributed by atoms with Gasteiger partial charge in [0.15, 0.2) is 0 Å². The molecule has 0 radical (unpaired) electrons. The summed E-state index contributed by atoms with van der Waals surface area (Å²) in [5.41, 5.74) is -0.442. The van der Waals surface area contributed by atoms with Crippen LogP contribution in [-0.4, -0.2) is 4.89 Å². The Morgan fingerprint density at radius 3 is 2.31 bits per heavy atom. The van der Waals surface area contributed by atoms with E-state index in [9.17, 15) is 13.3 Å². The van der Waals surface area contributed by atoms with Gasteiger partial charge in [0.25, 0.3) is 0 Å². The van der Waals surface area contributed by atoms with Crippen molar-refractivity contribution in [3.63, 3.8) is 0 Å². The molecule has 0 spiro atoms. The topological polar surface area (TPSA) is 46.5 Å². The van der Waals surface area contributed by atoms with Crippen LogP contribution in [0.5, 0.6) is 0 Å². The first-order valence-corrected chi connectivity index (χ1v) is 4.64. The molecule has 0 aliphatic carbocycles. The lowest BCUT2D eigenvalue weighted by Crippen LogP contribution is -2.13. The van der Waals surface area contributed by atoms with Crippen LogP contribution in [0.15, 0.2) is 30.3 Å². The van der Waals surface area contributed by atoms with Gasteiger partial charge < -0.3 is 4.89 Å². The van der Waals surface area contributed by atoms with Gasteiger partial charge in [-0.1, -0.05) is 30.3 Å². The number of benzene rings is 1. The quantitative estimate of drug-likeness (QED) is 0.774. The van der Waals surface area contributed by atoms with Crippen molar-refractivity contribution < 1.29 is 22.8 Å². The maximum Gasteiger partial charge on any atom is 0.389 e. The molecule has 0 amide bonds. The molecule has 0 aliphatic heterocycles. The van der Waals surface area contributed by atoms with Gasteiger partial charge >= 0.3 is 14.4 Å². The van der Waals surface area contributed by atoms with Crippen molar-refractivity contribution in [2.75, 3.05) is 0 Å². The molecular formula is C7H7F2O3P. The Balaban J connectivity index is 2.87. The van der Waals surface area contributed by atoms with Crippen LogP contribution in [0.2, 0.25) is 0 Å². The molecular weight excluding hydrogens is 201 g/mol. The molecule has 0 aromatic heterocycles. The van der Waals surface area contributed by atoms with E-state index in [0.29, 0.717) is 0 Å². The SMILES string of the molecule is O=[PH](O)OC(F)(F)c1ccccc1. The Hall–Kier alpha value is -0.770. The summed E-state index contributed by atoms with van der Waals surface area (Å²) in [6, 6.07) is 6.57. The van der Waals surface area contributed by atoms with Crippen molar-refractivity contribution in [3.05, 3.63) is 35.9 Å². The maximum atomic E-state index is 12.8. The first kappa shape index (κ1) is 10.3. The third-order valence-corrected chi connectivity index (χ3v) is 1.76. The van der Waals surface area contributed by atoms with Crippen LogP contribution in [0, 0.1) is 0 Å². The molecule has 1 rings (SSSR count). The van der Waals surface area contributed by atoms with Crippen molar-refractivity contribution in [1.82, 2.24) is 0 Å². The van der Waals surface area contributed by atoms with Crippen molar-refractivity contribution in [3.8, 4) is 0 Å². The lowest BCUT2D eigenvalue weighted by Gasteiger charge is -2.14. The molecule has 1 aromatic carbocycles. The minimum atomic E-state index is -3.70. The van der Waals surface area contributed by atoms with Gasteiger partial charge in [0, 0.05) is 0 Å². The Bertz CT molecular complexity index is 302.